The van der Waals surface area contributed by atoms with Crippen LogP contribution in [0.1, 0.15) is 25.7 Å². The third-order valence-corrected chi connectivity index (χ3v) is 8.05. The molecule has 0 atom stereocenters. The zero-order valence-electron chi connectivity index (χ0n) is 18.3. The topological polar surface area (TPSA) is 37.2 Å². The molecule has 31 heavy (non-hydrogen) atoms. The Bertz CT molecular complexity index is 980. The summed E-state index contributed by atoms with van der Waals surface area (Å²) in [7, 11) is 2.06. The Morgan fingerprint density at radius 3 is 2.23 bits per heavy atom. The molecule has 0 saturated carbocycles. The van der Waals surface area contributed by atoms with Gasteiger partial charge in [0.2, 0.25) is 0 Å². The number of rotatable bonds is 7. The fourth-order valence-electron chi connectivity index (χ4n) is 4.99. The van der Waals surface area contributed by atoms with Crippen molar-refractivity contribution in [2.24, 2.45) is 7.05 Å². The maximum absolute atomic E-state index is 4.41. The van der Waals surface area contributed by atoms with Gasteiger partial charge < -0.3 is 14.4 Å². The van der Waals surface area contributed by atoms with Gasteiger partial charge in [-0.15, -0.1) is 10.2 Å². The van der Waals surface area contributed by atoms with Crippen LogP contribution in [0.2, 0.25) is 0 Å². The molecular weight excluding hydrogens is 402 g/mol. The summed E-state index contributed by atoms with van der Waals surface area (Å²) in [4.78, 5) is 5.30. The molecule has 2 aromatic carbocycles. The van der Waals surface area contributed by atoms with Crippen molar-refractivity contribution in [3.8, 4) is 11.4 Å². The molecule has 2 saturated heterocycles. The van der Waals surface area contributed by atoms with Crippen molar-refractivity contribution >= 4 is 17.4 Å². The summed E-state index contributed by atoms with van der Waals surface area (Å²) in [6.07, 6.45) is 5.12. The van der Waals surface area contributed by atoms with E-state index >= 15 is 0 Å². The van der Waals surface area contributed by atoms with Gasteiger partial charge in [0.15, 0.2) is 11.0 Å². The van der Waals surface area contributed by atoms with Crippen LogP contribution in [-0.4, -0.2) is 57.1 Å². The van der Waals surface area contributed by atoms with Crippen molar-refractivity contribution in [2.75, 3.05) is 36.8 Å². The molecule has 2 fully saturated rings. The third kappa shape index (κ3) is 4.23. The van der Waals surface area contributed by atoms with Crippen LogP contribution in [0, 0.1) is 0 Å². The minimum atomic E-state index is 0.416. The SMILES string of the molecule is Cn1c(SCCCN2CCC3(CC2)CCN3c2ccccc2)nnc1-c1ccccc1. The van der Waals surface area contributed by atoms with Crippen molar-refractivity contribution in [1.82, 2.24) is 19.7 Å². The van der Waals surface area contributed by atoms with Crippen molar-refractivity contribution in [1.29, 1.82) is 0 Å². The zero-order valence-corrected chi connectivity index (χ0v) is 19.1. The van der Waals surface area contributed by atoms with Gasteiger partial charge in [-0.3, -0.25) is 0 Å². The van der Waals surface area contributed by atoms with Crippen LogP contribution >= 0.6 is 11.8 Å². The Kier molecular flexibility index (Phi) is 6.01. The second-order valence-corrected chi connectivity index (χ2v) is 9.80. The van der Waals surface area contributed by atoms with Gasteiger partial charge in [0.25, 0.3) is 0 Å². The molecule has 0 bridgehead atoms. The fraction of sp³-hybridized carbons (Fsp3) is 0.440. The third-order valence-electron chi connectivity index (χ3n) is 6.94. The number of hydrogen-bond donors (Lipinski definition) is 0. The van der Waals surface area contributed by atoms with Crippen LogP contribution in [0.5, 0.6) is 0 Å². The molecule has 5 nitrogen and oxygen atoms in total. The number of para-hydroxylation sites is 1. The number of aromatic nitrogens is 3. The second kappa shape index (κ2) is 9.05. The fourth-order valence-corrected chi connectivity index (χ4v) is 5.83. The molecule has 0 N–H and O–H groups in total. The molecule has 6 heteroatoms. The van der Waals surface area contributed by atoms with Crippen LogP contribution < -0.4 is 4.90 Å². The van der Waals surface area contributed by atoms with Gasteiger partial charge in [-0.1, -0.05) is 60.3 Å². The Labute approximate surface area is 189 Å². The molecule has 2 aliphatic heterocycles. The Hall–Kier alpha value is -2.31. The smallest absolute Gasteiger partial charge is 0.191 e. The molecule has 0 unspecified atom stereocenters. The second-order valence-electron chi connectivity index (χ2n) is 8.74. The van der Waals surface area contributed by atoms with Crippen LogP contribution in [-0.2, 0) is 7.05 Å². The monoisotopic (exact) mass is 433 g/mol. The number of thioether (sulfide) groups is 1. The van der Waals surface area contributed by atoms with E-state index < -0.39 is 0 Å². The molecule has 1 spiro atoms. The summed E-state index contributed by atoms with van der Waals surface area (Å²) in [5.74, 6) is 2.02. The normalized spacial score (nSPS) is 18.3. The highest BCUT2D eigenvalue weighted by atomic mass is 32.2. The first-order valence-electron chi connectivity index (χ1n) is 11.4. The lowest BCUT2D eigenvalue weighted by Crippen LogP contribution is -2.64. The largest absolute Gasteiger partial charge is 0.366 e. The van der Waals surface area contributed by atoms with Crippen LogP contribution in [0.15, 0.2) is 65.8 Å². The van der Waals surface area contributed by atoms with E-state index in [1.807, 2.05) is 30.0 Å². The molecule has 0 radical (unpaired) electrons. The molecule has 0 aliphatic carbocycles. The predicted molar refractivity (Wildman–Crippen MR) is 129 cm³/mol. The summed E-state index contributed by atoms with van der Waals surface area (Å²) in [5, 5.41) is 9.81. The van der Waals surface area contributed by atoms with E-state index in [0.29, 0.717) is 5.54 Å². The van der Waals surface area contributed by atoms with E-state index in [1.54, 1.807) is 0 Å². The summed E-state index contributed by atoms with van der Waals surface area (Å²) in [5.41, 5.74) is 2.93. The summed E-state index contributed by atoms with van der Waals surface area (Å²) in [6, 6.07) is 21.3. The summed E-state index contributed by atoms with van der Waals surface area (Å²) in [6.45, 7) is 4.83. The van der Waals surface area contributed by atoms with Crippen LogP contribution in [0.25, 0.3) is 11.4 Å². The number of nitrogens with zero attached hydrogens (tertiary/aromatic N) is 5. The first kappa shape index (κ1) is 20.6. The Morgan fingerprint density at radius 2 is 1.55 bits per heavy atom. The van der Waals surface area contributed by atoms with Crippen molar-refractivity contribution in [2.45, 2.75) is 36.4 Å². The summed E-state index contributed by atoms with van der Waals surface area (Å²) < 4.78 is 2.11. The molecule has 2 aliphatic rings. The van der Waals surface area contributed by atoms with E-state index in [-0.39, 0.29) is 0 Å². The minimum Gasteiger partial charge on any atom is -0.366 e. The highest BCUT2D eigenvalue weighted by Gasteiger charge is 2.46. The van der Waals surface area contributed by atoms with Crippen LogP contribution in [0.4, 0.5) is 5.69 Å². The van der Waals surface area contributed by atoms with Gasteiger partial charge in [-0.25, -0.2) is 0 Å². The lowest BCUT2D eigenvalue weighted by Gasteiger charge is -2.58. The average Bonchev–Trinajstić information content (AvgIpc) is 3.18. The highest BCUT2D eigenvalue weighted by Crippen LogP contribution is 2.42. The molecule has 162 valence electrons. The lowest BCUT2D eigenvalue weighted by atomic mass is 9.76. The maximum atomic E-state index is 4.41. The molecular formula is C25H31N5S. The summed E-state index contributed by atoms with van der Waals surface area (Å²) >= 11 is 1.82. The minimum absolute atomic E-state index is 0.416. The number of benzene rings is 2. The van der Waals surface area contributed by atoms with Crippen molar-refractivity contribution in [3.63, 3.8) is 0 Å². The average molecular weight is 434 g/mol. The van der Waals surface area contributed by atoms with Crippen molar-refractivity contribution in [3.05, 3.63) is 60.7 Å². The van der Waals surface area contributed by atoms with E-state index in [4.69, 9.17) is 0 Å². The zero-order chi connectivity index (χ0) is 21.1. The van der Waals surface area contributed by atoms with E-state index in [9.17, 15) is 0 Å². The van der Waals surface area contributed by atoms with Crippen LogP contribution in [0.3, 0.4) is 0 Å². The van der Waals surface area contributed by atoms with Gasteiger partial charge in [-0.2, -0.15) is 0 Å². The first-order chi connectivity index (χ1) is 15.3. The Morgan fingerprint density at radius 1 is 0.871 bits per heavy atom. The molecule has 5 rings (SSSR count). The lowest BCUT2D eigenvalue weighted by molar-refractivity contribution is 0.117. The molecule has 0 amide bonds. The maximum Gasteiger partial charge on any atom is 0.191 e. The number of hydrogen-bond acceptors (Lipinski definition) is 5. The quantitative estimate of drug-likeness (QED) is 0.398. The number of piperidine rings is 1. The van der Waals surface area contributed by atoms with Gasteiger partial charge in [0.1, 0.15) is 0 Å². The molecule has 3 aromatic rings. The van der Waals surface area contributed by atoms with Crippen molar-refractivity contribution < 1.29 is 0 Å². The van der Waals surface area contributed by atoms with Gasteiger partial charge in [0.05, 0.1) is 0 Å². The van der Waals surface area contributed by atoms with Gasteiger partial charge >= 0.3 is 0 Å². The van der Waals surface area contributed by atoms with Gasteiger partial charge in [-0.05, 0) is 44.4 Å². The number of likely N-dealkylation sites (tertiary alicyclic amines) is 1. The number of anilines is 1. The molecule has 3 heterocycles. The van der Waals surface area contributed by atoms with E-state index in [1.165, 1.54) is 57.5 Å². The predicted octanol–water partition coefficient (Wildman–Crippen LogP) is 4.71. The highest BCUT2D eigenvalue weighted by molar-refractivity contribution is 7.99. The van der Waals surface area contributed by atoms with E-state index in [2.05, 4.69) is 74.1 Å². The van der Waals surface area contributed by atoms with E-state index in [0.717, 1.165) is 22.3 Å². The standard InChI is InChI=1S/C25H31N5S/c1-28-23(21-9-4-2-5-10-21)26-27-24(28)31-20-8-16-29-17-13-25(14-18-29)15-19-30(25)22-11-6-3-7-12-22/h2-7,9-12H,8,13-20H2,1H3. The van der Waals surface area contributed by atoms with Gasteiger partial charge in [0, 0.05) is 49.2 Å². The molecule has 1 aromatic heterocycles. The Balaban J connectivity index is 1.07. The first-order valence-corrected chi connectivity index (χ1v) is 12.4.